The Morgan fingerprint density at radius 2 is 1.33 bits per heavy atom. The van der Waals surface area contributed by atoms with E-state index in [1.54, 1.807) is 0 Å². The molecule has 0 atom stereocenters. The van der Waals surface area contributed by atoms with E-state index < -0.39 is 10.1 Å². The molecule has 0 aliphatic carbocycles. The second-order valence-electron chi connectivity index (χ2n) is 6.43. The molecule has 0 aliphatic heterocycles. The fraction of sp³-hybridized carbons (Fsp3) is 0.900. The molecule has 7 heteroatoms. The molecule has 0 aromatic heterocycles. The standard InChI is InChI=1S/C20H38O6S/c1-3-5-6-7-8-9-10-11-12-13-14-15-16-25-26-27(21,22)20-19-24-18-17-23-4-2/h3-14,17-20H2,1-2H3. The second-order valence-corrected chi connectivity index (χ2v) is 8.09. The summed E-state index contributed by atoms with van der Waals surface area (Å²) in [5.74, 6) is 2.49. The van der Waals surface area contributed by atoms with Gasteiger partial charge >= 0.3 is 10.1 Å². The fourth-order valence-electron chi connectivity index (χ4n) is 2.41. The smallest absolute Gasteiger partial charge is 0.306 e. The van der Waals surface area contributed by atoms with Crippen LogP contribution in [-0.2, 0) is 28.8 Å². The van der Waals surface area contributed by atoms with Gasteiger partial charge in [0, 0.05) is 13.0 Å². The Kier molecular flexibility index (Phi) is 19.3. The molecule has 0 aromatic carbocycles. The van der Waals surface area contributed by atoms with Gasteiger partial charge in [0.25, 0.3) is 0 Å². The summed E-state index contributed by atoms with van der Waals surface area (Å²) in [6, 6.07) is 0. The van der Waals surface area contributed by atoms with Gasteiger partial charge in [-0.25, -0.2) is 0 Å². The van der Waals surface area contributed by atoms with Crippen LogP contribution in [0.25, 0.3) is 0 Å². The van der Waals surface area contributed by atoms with Crippen molar-refractivity contribution >= 4 is 10.1 Å². The van der Waals surface area contributed by atoms with Crippen LogP contribution < -0.4 is 0 Å². The van der Waals surface area contributed by atoms with Crippen molar-refractivity contribution in [2.24, 2.45) is 0 Å². The van der Waals surface area contributed by atoms with Crippen LogP contribution in [0.3, 0.4) is 0 Å². The Morgan fingerprint density at radius 3 is 1.96 bits per heavy atom. The number of hydrogen-bond acceptors (Lipinski definition) is 6. The van der Waals surface area contributed by atoms with Crippen LogP contribution >= 0.6 is 0 Å². The molecule has 160 valence electrons. The molecule has 6 nitrogen and oxygen atoms in total. The molecule has 0 spiro atoms. The summed E-state index contributed by atoms with van der Waals surface area (Å²) < 4.78 is 37.6. The van der Waals surface area contributed by atoms with Crippen LogP contribution in [0.15, 0.2) is 0 Å². The molecule has 0 bridgehead atoms. The zero-order valence-electron chi connectivity index (χ0n) is 17.2. The monoisotopic (exact) mass is 406 g/mol. The Bertz CT molecular complexity index is 467. The van der Waals surface area contributed by atoms with Crippen LogP contribution in [-0.4, -0.2) is 40.6 Å². The van der Waals surface area contributed by atoms with Crippen molar-refractivity contribution in [1.29, 1.82) is 0 Å². The molecule has 27 heavy (non-hydrogen) atoms. The van der Waals surface area contributed by atoms with Crippen molar-refractivity contribution in [1.82, 2.24) is 0 Å². The maximum absolute atomic E-state index is 11.5. The predicted molar refractivity (Wildman–Crippen MR) is 108 cm³/mol. The Balaban J connectivity index is 3.44. The molecule has 0 rings (SSSR count). The van der Waals surface area contributed by atoms with E-state index in [9.17, 15) is 8.42 Å². The Hall–Kier alpha value is -0.810. The van der Waals surface area contributed by atoms with E-state index in [-0.39, 0.29) is 12.4 Å². The summed E-state index contributed by atoms with van der Waals surface area (Å²) in [4.78, 5) is 4.46. The van der Waals surface area contributed by atoms with Gasteiger partial charge in [0.2, 0.25) is 0 Å². The Labute approximate surface area is 166 Å². The van der Waals surface area contributed by atoms with Crippen LogP contribution in [0.4, 0.5) is 0 Å². The quantitative estimate of drug-likeness (QED) is 0.135. The van der Waals surface area contributed by atoms with Gasteiger partial charge in [-0.3, -0.25) is 4.89 Å². The molecule has 0 N–H and O–H groups in total. The van der Waals surface area contributed by atoms with Crippen molar-refractivity contribution < 1.29 is 27.1 Å². The molecule has 0 aliphatic rings. The molecule has 0 aromatic rings. The summed E-state index contributed by atoms with van der Waals surface area (Å²) in [6.45, 7) is 5.55. The van der Waals surface area contributed by atoms with Gasteiger partial charge in [0.15, 0.2) is 6.11 Å². The highest BCUT2D eigenvalue weighted by Gasteiger charge is 2.12. The minimum absolute atomic E-state index is 0.0325. The summed E-state index contributed by atoms with van der Waals surface area (Å²) in [5.41, 5.74) is 0. The summed E-state index contributed by atoms with van der Waals surface area (Å²) >= 11 is 0. The molecule has 0 radical (unpaired) electrons. The zero-order valence-corrected chi connectivity index (χ0v) is 18.0. The molecular weight excluding hydrogens is 368 g/mol. The van der Waals surface area contributed by atoms with E-state index >= 15 is 0 Å². The molecule has 0 amide bonds. The van der Waals surface area contributed by atoms with Crippen molar-refractivity contribution in [3.8, 4) is 12.0 Å². The van der Waals surface area contributed by atoms with Crippen LogP contribution in [0.1, 0.15) is 84.5 Å². The first-order valence-corrected chi connectivity index (χ1v) is 11.9. The van der Waals surface area contributed by atoms with Crippen LogP contribution in [0.5, 0.6) is 0 Å². The highest BCUT2D eigenvalue weighted by molar-refractivity contribution is 7.86. The normalized spacial score (nSPS) is 11.2. The van der Waals surface area contributed by atoms with Crippen LogP contribution in [0.2, 0.25) is 0 Å². The molecule has 0 heterocycles. The predicted octanol–water partition coefficient (Wildman–Crippen LogP) is 4.59. The summed E-state index contributed by atoms with van der Waals surface area (Å²) in [5, 5.41) is 0. The number of unbranched alkanes of at least 4 members (excludes halogenated alkanes) is 10. The van der Waals surface area contributed by atoms with E-state index in [2.05, 4.69) is 28.2 Å². The fourth-order valence-corrected chi connectivity index (χ4v) is 2.94. The molecular formula is C20H38O6S. The molecule has 0 fully saturated rings. The van der Waals surface area contributed by atoms with Gasteiger partial charge in [0.1, 0.15) is 5.75 Å². The molecule has 0 saturated carbocycles. The molecule has 0 unspecified atom stereocenters. The lowest BCUT2D eigenvalue weighted by Gasteiger charge is -2.04. The van der Waals surface area contributed by atoms with Gasteiger partial charge in [-0.05, 0) is 17.7 Å². The SMILES string of the molecule is CCCCCCCCCCCCC#COOS(=O)(=O)CCOCCOCC. The van der Waals surface area contributed by atoms with Gasteiger partial charge in [-0.2, -0.15) is 8.42 Å². The number of rotatable bonds is 19. The molecule has 0 saturated heterocycles. The van der Waals surface area contributed by atoms with Crippen molar-refractivity contribution in [2.45, 2.75) is 84.5 Å². The van der Waals surface area contributed by atoms with Gasteiger partial charge < -0.3 is 9.47 Å². The largest absolute Gasteiger partial charge is 0.379 e. The lowest BCUT2D eigenvalue weighted by atomic mass is 10.1. The zero-order chi connectivity index (χ0) is 20.1. The van der Waals surface area contributed by atoms with Crippen molar-refractivity contribution in [2.75, 3.05) is 32.2 Å². The number of hydrogen-bond donors (Lipinski definition) is 0. The minimum atomic E-state index is -3.78. The van der Waals surface area contributed by atoms with E-state index in [0.29, 0.717) is 26.2 Å². The first-order chi connectivity index (χ1) is 13.1. The highest BCUT2D eigenvalue weighted by Crippen LogP contribution is 2.10. The first kappa shape index (κ1) is 26.2. The van der Waals surface area contributed by atoms with Crippen molar-refractivity contribution in [3.05, 3.63) is 0 Å². The van der Waals surface area contributed by atoms with Gasteiger partial charge in [-0.1, -0.05) is 70.6 Å². The third-order valence-electron chi connectivity index (χ3n) is 3.96. The first-order valence-electron chi connectivity index (χ1n) is 10.3. The van der Waals surface area contributed by atoms with E-state index in [1.165, 1.54) is 51.4 Å². The number of ether oxygens (including phenoxy) is 2. The lowest BCUT2D eigenvalue weighted by molar-refractivity contribution is -0.127. The highest BCUT2D eigenvalue weighted by atomic mass is 32.2. The van der Waals surface area contributed by atoms with Crippen LogP contribution in [0, 0.1) is 12.0 Å². The summed E-state index contributed by atoms with van der Waals surface area (Å²) in [7, 11) is -3.78. The third-order valence-corrected chi connectivity index (χ3v) is 4.90. The maximum atomic E-state index is 11.5. The van der Waals surface area contributed by atoms with E-state index in [4.69, 9.17) is 9.47 Å². The minimum Gasteiger partial charge on any atom is -0.379 e. The lowest BCUT2D eigenvalue weighted by Crippen LogP contribution is -2.16. The third kappa shape index (κ3) is 21.3. The Morgan fingerprint density at radius 1 is 0.741 bits per heavy atom. The van der Waals surface area contributed by atoms with E-state index in [0.717, 1.165) is 12.8 Å². The maximum Gasteiger partial charge on any atom is 0.306 e. The summed E-state index contributed by atoms with van der Waals surface area (Å²) in [6.07, 6.45) is 15.6. The topological polar surface area (TPSA) is 71.1 Å². The van der Waals surface area contributed by atoms with Crippen molar-refractivity contribution in [3.63, 3.8) is 0 Å². The van der Waals surface area contributed by atoms with Gasteiger partial charge in [0.05, 0.1) is 19.8 Å². The average molecular weight is 407 g/mol. The van der Waals surface area contributed by atoms with E-state index in [1.807, 2.05) is 6.92 Å². The van der Waals surface area contributed by atoms with Gasteiger partial charge in [-0.15, -0.1) is 0 Å². The average Bonchev–Trinajstić information content (AvgIpc) is 2.65. The second kappa shape index (κ2) is 19.9.